The maximum atomic E-state index is 12.7. The molecule has 0 fully saturated rings. The van der Waals surface area contributed by atoms with Gasteiger partial charge in [0.15, 0.2) is 0 Å². The Morgan fingerprint density at radius 3 is 2.48 bits per heavy atom. The van der Waals surface area contributed by atoms with Crippen LogP contribution in [0.15, 0.2) is 54.7 Å². The number of imide groups is 1. The number of nitrogens with zero attached hydrogens (tertiary/aromatic N) is 3. The molecule has 2 aromatic carbocycles. The van der Waals surface area contributed by atoms with Crippen LogP contribution < -0.4 is 0 Å². The standard InChI is InChI=1S/C23H17Cl2N3O3/c24-17-6-5-14(20(25)9-17)11-28-21-15(12-31-13-16(21)10-26-28)7-8-27-22(29)18-3-1-2-4-19(18)23(27)30/h1-7,9-10H,8,11-13H2/b15-7+. The number of hydrogen-bond donors (Lipinski definition) is 0. The third-order valence-corrected chi connectivity index (χ3v) is 6.06. The van der Waals surface area contributed by atoms with E-state index in [-0.39, 0.29) is 18.4 Å². The molecule has 3 heterocycles. The second kappa shape index (κ2) is 7.96. The first-order valence-corrected chi connectivity index (χ1v) is 10.5. The fraction of sp³-hybridized carbons (Fsp3) is 0.174. The molecule has 31 heavy (non-hydrogen) atoms. The van der Waals surface area contributed by atoms with Gasteiger partial charge in [-0.05, 0) is 29.8 Å². The van der Waals surface area contributed by atoms with E-state index in [9.17, 15) is 9.59 Å². The second-order valence-corrected chi connectivity index (χ2v) is 8.24. The van der Waals surface area contributed by atoms with Crippen LogP contribution in [-0.2, 0) is 17.9 Å². The van der Waals surface area contributed by atoms with Gasteiger partial charge < -0.3 is 4.74 Å². The minimum Gasteiger partial charge on any atom is -0.372 e. The lowest BCUT2D eigenvalue weighted by atomic mass is 10.1. The molecule has 156 valence electrons. The number of aromatic nitrogens is 2. The van der Waals surface area contributed by atoms with E-state index in [0.29, 0.717) is 40.9 Å². The van der Waals surface area contributed by atoms with Crippen LogP contribution in [0.25, 0.3) is 5.57 Å². The Balaban J connectivity index is 1.43. The Bertz CT molecular complexity index is 1210. The third kappa shape index (κ3) is 3.57. The Kier molecular flexibility index (Phi) is 5.14. The van der Waals surface area contributed by atoms with Gasteiger partial charge in [0.2, 0.25) is 0 Å². The van der Waals surface area contributed by atoms with Gasteiger partial charge in [-0.15, -0.1) is 0 Å². The van der Waals surface area contributed by atoms with Gasteiger partial charge in [-0.1, -0.05) is 47.5 Å². The molecular weight excluding hydrogens is 437 g/mol. The maximum Gasteiger partial charge on any atom is 0.261 e. The molecule has 0 radical (unpaired) electrons. The van der Waals surface area contributed by atoms with Crippen molar-refractivity contribution in [1.29, 1.82) is 0 Å². The predicted octanol–water partition coefficient (Wildman–Crippen LogP) is 4.45. The van der Waals surface area contributed by atoms with E-state index in [4.69, 9.17) is 27.9 Å². The zero-order valence-corrected chi connectivity index (χ0v) is 17.9. The van der Waals surface area contributed by atoms with Gasteiger partial charge in [0.25, 0.3) is 11.8 Å². The SMILES string of the molecule is O=C1c2ccccc2C(=O)N1C/C=C1\COCc2cnn(Cc3ccc(Cl)cc3Cl)c21. The lowest BCUT2D eigenvalue weighted by Gasteiger charge is -2.20. The molecule has 3 aromatic rings. The van der Waals surface area contributed by atoms with Gasteiger partial charge in [-0.25, -0.2) is 0 Å². The van der Waals surface area contributed by atoms with Crippen molar-refractivity contribution in [1.82, 2.24) is 14.7 Å². The van der Waals surface area contributed by atoms with Crippen LogP contribution in [0.2, 0.25) is 10.0 Å². The Morgan fingerprint density at radius 1 is 1.03 bits per heavy atom. The molecule has 0 bridgehead atoms. The van der Waals surface area contributed by atoms with Crippen molar-refractivity contribution in [2.24, 2.45) is 0 Å². The van der Waals surface area contributed by atoms with Crippen molar-refractivity contribution in [2.45, 2.75) is 13.2 Å². The van der Waals surface area contributed by atoms with Gasteiger partial charge in [-0.2, -0.15) is 5.10 Å². The smallest absolute Gasteiger partial charge is 0.261 e. The van der Waals surface area contributed by atoms with Crippen molar-refractivity contribution in [2.75, 3.05) is 13.2 Å². The molecule has 0 N–H and O–H groups in total. The summed E-state index contributed by atoms with van der Waals surface area (Å²) in [5.41, 5.74) is 4.52. The van der Waals surface area contributed by atoms with Crippen LogP contribution in [-0.4, -0.2) is 39.6 Å². The number of ether oxygens (including phenoxy) is 1. The topological polar surface area (TPSA) is 64.4 Å². The summed E-state index contributed by atoms with van der Waals surface area (Å²) in [5.74, 6) is -0.563. The van der Waals surface area contributed by atoms with Crippen molar-refractivity contribution < 1.29 is 14.3 Å². The summed E-state index contributed by atoms with van der Waals surface area (Å²) in [5, 5.41) is 5.65. The van der Waals surface area contributed by atoms with Gasteiger partial charge in [0, 0.05) is 27.7 Å². The molecular formula is C23H17Cl2N3O3. The van der Waals surface area contributed by atoms with Crippen molar-refractivity contribution >= 4 is 40.6 Å². The molecule has 0 saturated carbocycles. The van der Waals surface area contributed by atoms with Crippen molar-refractivity contribution in [3.8, 4) is 0 Å². The predicted molar refractivity (Wildman–Crippen MR) is 117 cm³/mol. The maximum absolute atomic E-state index is 12.7. The fourth-order valence-electron chi connectivity index (χ4n) is 3.93. The highest BCUT2D eigenvalue weighted by molar-refractivity contribution is 6.35. The summed E-state index contributed by atoms with van der Waals surface area (Å²) < 4.78 is 7.55. The van der Waals surface area contributed by atoms with Crippen LogP contribution in [0.1, 0.15) is 37.5 Å². The minimum atomic E-state index is -0.282. The molecule has 1 aromatic heterocycles. The molecule has 8 heteroatoms. The summed E-state index contributed by atoms with van der Waals surface area (Å²) in [6, 6.07) is 12.2. The first-order valence-electron chi connectivity index (χ1n) is 9.74. The summed E-state index contributed by atoms with van der Waals surface area (Å²) in [7, 11) is 0. The summed E-state index contributed by atoms with van der Waals surface area (Å²) in [4.78, 5) is 26.6. The molecule has 2 aliphatic rings. The van der Waals surface area contributed by atoms with Gasteiger partial charge in [0.1, 0.15) is 0 Å². The van der Waals surface area contributed by atoms with E-state index >= 15 is 0 Å². The van der Waals surface area contributed by atoms with Crippen LogP contribution in [0.4, 0.5) is 0 Å². The monoisotopic (exact) mass is 453 g/mol. The van der Waals surface area contributed by atoms with E-state index in [2.05, 4.69) is 5.10 Å². The van der Waals surface area contributed by atoms with Crippen molar-refractivity contribution in [3.63, 3.8) is 0 Å². The number of carbonyl (C=O) groups excluding carboxylic acids is 2. The average Bonchev–Trinajstić information content (AvgIpc) is 3.29. The summed E-state index contributed by atoms with van der Waals surface area (Å²) in [6.07, 6.45) is 3.63. The first kappa shape index (κ1) is 20.0. The van der Waals surface area contributed by atoms with E-state index in [1.165, 1.54) is 4.90 Å². The number of hydrogen-bond acceptors (Lipinski definition) is 4. The first-order chi connectivity index (χ1) is 15.0. The van der Waals surface area contributed by atoms with Crippen LogP contribution >= 0.6 is 23.2 Å². The quantitative estimate of drug-likeness (QED) is 0.547. The lowest BCUT2D eigenvalue weighted by molar-refractivity contribution is 0.0671. The number of fused-ring (bicyclic) bond motifs is 2. The van der Waals surface area contributed by atoms with Gasteiger partial charge in [0.05, 0.1) is 42.8 Å². The molecule has 5 rings (SSSR count). The minimum absolute atomic E-state index is 0.164. The summed E-state index contributed by atoms with van der Waals surface area (Å²) >= 11 is 12.3. The zero-order valence-electron chi connectivity index (χ0n) is 16.3. The highest BCUT2D eigenvalue weighted by Gasteiger charge is 2.34. The lowest BCUT2D eigenvalue weighted by Crippen LogP contribution is -2.30. The second-order valence-electron chi connectivity index (χ2n) is 7.40. The largest absolute Gasteiger partial charge is 0.372 e. The Hall–Kier alpha value is -2.93. The summed E-state index contributed by atoms with van der Waals surface area (Å²) in [6.45, 7) is 1.46. The van der Waals surface area contributed by atoms with E-state index in [1.807, 2.05) is 16.8 Å². The molecule has 0 saturated heterocycles. The average molecular weight is 454 g/mol. The highest BCUT2D eigenvalue weighted by atomic mass is 35.5. The zero-order chi connectivity index (χ0) is 21.5. The number of rotatable bonds is 4. The van der Waals surface area contributed by atoms with Gasteiger partial charge in [-0.3, -0.25) is 19.2 Å². The molecule has 2 amide bonds. The van der Waals surface area contributed by atoms with E-state index in [1.54, 1.807) is 42.6 Å². The Labute approximate surface area is 188 Å². The highest BCUT2D eigenvalue weighted by Crippen LogP contribution is 2.29. The molecule has 6 nitrogen and oxygen atoms in total. The van der Waals surface area contributed by atoms with Gasteiger partial charge >= 0.3 is 0 Å². The normalized spacial score (nSPS) is 16.7. The fourth-order valence-corrected chi connectivity index (χ4v) is 4.40. The molecule has 0 atom stereocenters. The molecule has 0 spiro atoms. The van der Waals surface area contributed by atoms with E-state index < -0.39 is 0 Å². The number of amides is 2. The molecule has 2 aliphatic heterocycles. The van der Waals surface area contributed by atoms with Crippen molar-refractivity contribution in [3.05, 3.63) is 92.7 Å². The molecule has 0 unspecified atom stereocenters. The van der Waals surface area contributed by atoms with Crippen LogP contribution in [0.5, 0.6) is 0 Å². The van der Waals surface area contributed by atoms with E-state index in [0.717, 1.165) is 22.4 Å². The van der Waals surface area contributed by atoms with Crippen LogP contribution in [0, 0.1) is 0 Å². The third-order valence-electron chi connectivity index (χ3n) is 5.47. The Morgan fingerprint density at radius 2 is 1.77 bits per heavy atom. The molecule has 0 aliphatic carbocycles. The van der Waals surface area contributed by atoms with Crippen LogP contribution in [0.3, 0.4) is 0 Å². The number of carbonyl (C=O) groups is 2. The number of halogens is 2. The number of benzene rings is 2.